The largest absolute Gasteiger partial charge is 0.353 e. The topological polar surface area (TPSA) is 71.1 Å². The monoisotopic (exact) mass is 265 g/mol. The Hall–Kier alpha value is -1.98. The molecule has 2 amide bonds. The summed E-state index contributed by atoms with van der Waals surface area (Å²) >= 11 is 0. The maximum absolute atomic E-state index is 13.3. The predicted molar refractivity (Wildman–Crippen MR) is 67.8 cm³/mol. The molecule has 0 saturated carbocycles. The van der Waals surface area contributed by atoms with Crippen LogP contribution in [0, 0.1) is 5.82 Å². The second-order valence-corrected chi connectivity index (χ2v) is 4.62. The Morgan fingerprint density at radius 2 is 2.37 bits per heavy atom. The fourth-order valence-corrected chi connectivity index (χ4v) is 2.10. The molecule has 1 unspecified atom stereocenters. The number of amides is 2. The van der Waals surface area contributed by atoms with Gasteiger partial charge in [-0.1, -0.05) is 6.42 Å². The summed E-state index contributed by atoms with van der Waals surface area (Å²) in [6, 6.07) is 1.23. The van der Waals surface area contributed by atoms with E-state index < -0.39 is 5.82 Å². The Kier molecular flexibility index (Phi) is 4.43. The summed E-state index contributed by atoms with van der Waals surface area (Å²) in [5, 5.41) is 5.29. The summed E-state index contributed by atoms with van der Waals surface area (Å²) in [5.41, 5.74) is 0.111. The van der Waals surface area contributed by atoms with Crippen molar-refractivity contribution in [3.05, 3.63) is 24.3 Å². The van der Waals surface area contributed by atoms with Crippen molar-refractivity contribution in [1.82, 2.24) is 10.3 Å². The molecule has 19 heavy (non-hydrogen) atoms. The maximum atomic E-state index is 13.3. The molecule has 1 aromatic heterocycles. The SMILES string of the molecule is O=C(CC1CCCCC(=O)N1)Nc1ccncc1F. The molecule has 1 aromatic rings. The first-order valence-electron chi connectivity index (χ1n) is 6.34. The molecule has 2 N–H and O–H groups in total. The molecule has 1 aliphatic rings. The number of rotatable bonds is 3. The van der Waals surface area contributed by atoms with Crippen LogP contribution in [0.5, 0.6) is 0 Å². The van der Waals surface area contributed by atoms with Crippen molar-refractivity contribution in [2.45, 2.75) is 38.1 Å². The first kappa shape index (κ1) is 13.5. The first-order valence-corrected chi connectivity index (χ1v) is 6.34. The quantitative estimate of drug-likeness (QED) is 0.872. The van der Waals surface area contributed by atoms with Crippen LogP contribution < -0.4 is 10.6 Å². The molecule has 5 nitrogen and oxygen atoms in total. The van der Waals surface area contributed by atoms with Gasteiger partial charge in [0, 0.05) is 25.1 Å². The molecule has 2 rings (SSSR count). The average Bonchev–Trinajstić information content (AvgIpc) is 2.56. The highest BCUT2D eigenvalue weighted by atomic mass is 19.1. The number of halogens is 1. The summed E-state index contributed by atoms with van der Waals surface area (Å²) in [7, 11) is 0. The van der Waals surface area contributed by atoms with Gasteiger partial charge in [0.05, 0.1) is 11.9 Å². The smallest absolute Gasteiger partial charge is 0.226 e. The van der Waals surface area contributed by atoms with Crippen LogP contribution in [-0.2, 0) is 9.59 Å². The van der Waals surface area contributed by atoms with E-state index >= 15 is 0 Å². The second kappa shape index (κ2) is 6.26. The number of carbonyl (C=O) groups excluding carboxylic acids is 2. The van der Waals surface area contributed by atoms with Crippen LogP contribution in [0.1, 0.15) is 32.1 Å². The molecule has 0 bridgehead atoms. The van der Waals surface area contributed by atoms with Gasteiger partial charge in [-0.25, -0.2) is 4.39 Å². The van der Waals surface area contributed by atoms with Crippen LogP contribution in [-0.4, -0.2) is 22.8 Å². The number of carbonyl (C=O) groups is 2. The molecule has 2 heterocycles. The van der Waals surface area contributed by atoms with E-state index in [-0.39, 0.29) is 30.0 Å². The number of hydrogen-bond donors (Lipinski definition) is 2. The Morgan fingerprint density at radius 3 is 3.16 bits per heavy atom. The first-order chi connectivity index (χ1) is 9.15. The lowest BCUT2D eigenvalue weighted by Crippen LogP contribution is -2.35. The van der Waals surface area contributed by atoms with Crippen LogP contribution in [0.25, 0.3) is 0 Å². The van der Waals surface area contributed by atoms with E-state index in [0.717, 1.165) is 25.5 Å². The third-order valence-electron chi connectivity index (χ3n) is 3.05. The van der Waals surface area contributed by atoms with E-state index in [9.17, 15) is 14.0 Å². The molecular formula is C13H16FN3O2. The number of nitrogens with zero attached hydrogens (tertiary/aromatic N) is 1. The van der Waals surface area contributed by atoms with Crippen LogP contribution in [0.2, 0.25) is 0 Å². The van der Waals surface area contributed by atoms with Crippen molar-refractivity contribution in [3.63, 3.8) is 0 Å². The average molecular weight is 265 g/mol. The predicted octanol–water partition coefficient (Wildman–Crippen LogP) is 1.61. The molecule has 1 aliphatic heterocycles. The highest BCUT2D eigenvalue weighted by molar-refractivity contribution is 5.91. The minimum absolute atomic E-state index is 0.0228. The molecule has 0 aromatic carbocycles. The highest BCUT2D eigenvalue weighted by Crippen LogP contribution is 2.14. The van der Waals surface area contributed by atoms with Gasteiger partial charge in [0.2, 0.25) is 11.8 Å². The fraction of sp³-hybridized carbons (Fsp3) is 0.462. The number of pyridine rings is 1. The van der Waals surface area contributed by atoms with E-state index in [4.69, 9.17) is 0 Å². The van der Waals surface area contributed by atoms with Crippen LogP contribution in [0.4, 0.5) is 10.1 Å². The number of nitrogens with one attached hydrogen (secondary N) is 2. The maximum Gasteiger partial charge on any atom is 0.226 e. The molecule has 102 valence electrons. The summed E-state index contributed by atoms with van der Waals surface area (Å²) in [6.45, 7) is 0. The zero-order chi connectivity index (χ0) is 13.7. The van der Waals surface area contributed by atoms with Crippen molar-refractivity contribution >= 4 is 17.5 Å². The van der Waals surface area contributed by atoms with Crippen molar-refractivity contribution < 1.29 is 14.0 Å². The number of aromatic nitrogens is 1. The standard InChI is InChI=1S/C13H16FN3O2/c14-10-8-15-6-5-11(10)17-13(19)7-9-3-1-2-4-12(18)16-9/h5-6,8-9H,1-4,7H2,(H,16,18)(H,15,17,19). The molecule has 0 aliphatic carbocycles. The van der Waals surface area contributed by atoms with Gasteiger partial charge in [-0.2, -0.15) is 0 Å². The number of anilines is 1. The third kappa shape index (κ3) is 4.01. The van der Waals surface area contributed by atoms with Gasteiger partial charge < -0.3 is 10.6 Å². The van der Waals surface area contributed by atoms with E-state index in [1.54, 1.807) is 0 Å². The van der Waals surface area contributed by atoms with Crippen molar-refractivity contribution in [2.24, 2.45) is 0 Å². The molecule has 0 spiro atoms. The Bertz CT molecular complexity index is 479. The zero-order valence-corrected chi connectivity index (χ0v) is 10.5. The van der Waals surface area contributed by atoms with Gasteiger partial charge in [-0.15, -0.1) is 0 Å². The second-order valence-electron chi connectivity index (χ2n) is 4.62. The summed E-state index contributed by atoms with van der Waals surface area (Å²) in [6.07, 6.45) is 5.67. The van der Waals surface area contributed by atoms with Gasteiger partial charge in [-0.05, 0) is 18.9 Å². The minimum atomic E-state index is -0.569. The van der Waals surface area contributed by atoms with E-state index in [0.29, 0.717) is 6.42 Å². The van der Waals surface area contributed by atoms with Gasteiger partial charge in [0.1, 0.15) is 0 Å². The summed E-state index contributed by atoms with van der Waals surface area (Å²) in [5.74, 6) is -0.900. The summed E-state index contributed by atoms with van der Waals surface area (Å²) in [4.78, 5) is 26.8. The molecule has 1 saturated heterocycles. The van der Waals surface area contributed by atoms with Gasteiger partial charge in [0.15, 0.2) is 5.82 Å². The fourth-order valence-electron chi connectivity index (χ4n) is 2.10. The van der Waals surface area contributed by atoms with Crippen LogP contribution in [0.3, 0.4) is 0 Å². The lowest BCUT2D eigenvalue weighted by atomic mass is 10.1. The lowest BCUT2D eigenvalue weighted by Gasteiger charge is -2.15. The molecule has 0 radical (unpaired) electrons. The minimum Gasteiger partial charge on any atom is -0.353 e. The van der Waals surface area contributed by atoms with Gasteiger partial charge in [-0.3, -0.25) is 14.6 Å². The van der Waals surface area contributed by atoms with Crippen molar-refractivity contribution in [1.29, 1.82) is 0 Å². The number of hydrogen-bond acceptors (Lipinski definition) is 3. The summed E-state index contributed by atoms with van der Waals surface area (Å²) < 4.78 is 13.3. The zero-order valence-electron chi connectivity index (χ0n) is 10.5. The Morgan fingerprint density at radius 1 is 1.53 bits per heavy atom. The van der Waals surface area contributed by atoms with Crippen molar-refractivity contribution in [3.8, 4) is 0 Å². The van der Waals surface area contributed by atoms with Crippen LogP contribution >= 0.6 is 0 Å². The van der Waals surface area contributed by atoms with E-state index in [1.807, 2.05) is 0 Å². The van der Waals surface area contributed by atoms with Crippen LogP contribution in [0.15, 0.2) is 18.5 Å². The molecule has 1 atom stereocenters. The van der Waals surface area contributed by atoms with Gasteiger partial charge >= 0.3 is 0 Å². The molecular weight excluding hydrogens is 249 g/mol. The Balaban J connectivity index is 1.90. The van der Waals surface area contributed by atoms with Crippen molar-refractivity contribution in [2.75, 3.05) is 5.32 Å². The molecule has 6 heteroatoms. The van der Waals surface area contributed by atoms with E-state index in [1.165, 1.54) is 12.3 Å². The highest BCUT2D eigenvalue weighted by Gasteiger charge is 2.19. The Labute approximate surface area is 110 Å². The lowest BCUT2D eigenvalue weighted by molar-refractivity contribution is -0.121. The van der Waals surface area contributed by atoms with Gasteiger partial charge in [0.25, 0.3) is 0 Å². The third-order valence-corrected chi connectivity index (χ3v) is 3.05. The molecule has 1 fully saturated rings. The normalized spacial score (nSPS) is 19.4. The van der Waals surface area contributed by atoms with E-state index in [2.05, 4.69) is 15.6 Å².